The van der Waals surface area contributed by atoms with Gasteiger partial charge < -0.3 is 4.90 Å². The van der Waals surface area contributed by atoms with Crippen molar-refractivity contribution in [3.8, 4) is 0 Å². The number of rotatable bonds is 3. The van der Waals surface area contributed by atoms with Crippen molar-refractivity contribution in [2.75, 3.05) is 13.6 Å². The maximum absolute atomic E-state index is 11.6. The molecular weight excluding hydrogens is 140 g/mol. The average Bonchev–Trinajstić information content (AvgIpc) is 1.87. The van der Waals surface area contributed by atoms with E-state index in [1.165, 1.54) is 7.05 Å². The van der Waals surface area contributed by atoms with Crippen LogP contribution in [0.2, 0.25) is 0 Å². The van der Waals surface area contributed by atoms with Gasteiger partial charge in [-0.05, 0) is 6.42 Å². The molecule has 0 aromatic rings. The number of amides is 1. The van der Waals surface area contributed by atoms with E-state index < -0.39 is 12.3 Å². The second kappa shape index (κ2) is 4.19. The third-order valence-electron chi connectivity index (χ3n) is 1.12. The molecule has 0 saturated heterocycles. The lowest BCUT2D eigenvalue weighted by atomic mass is 10.4. The standard InChI is InChI=1S/C6H11F2NO/c1-3-4-9(2)6(10)5(7)8/h5H,3-4H2,1-2H3. The van der Waals surface area contributed by atoms with Crippen LogP contribution in [0.25, 0.3) is 0 Å². The van der Waals surface area contributed by atoms with E-state index in [0.717, 1.165) is 4.90 Å². The number of nitrogens with zero attached hydrogens (tertiary/aromatic N) is 1. The summed E-state index contributed by atoms with van der Waals surface area (Å²) >= 11 is 0. The first kappa shape index (κ1) is 9.33. The van der Waals surface area contributed by atoms with Gasteiger partial charge in [-0.25, -0.2) is 0 Å². The van der Waals surface area contributed by atoms with Crippen molar-refractivity contribution in [1.82, 2.24) is 4.90 Å². The van der Waals surface area contributed by atoms with Gasteiger partial charge in [0.05, 0.1) is 0 Å². The number of halogens is 2. The smallest absolute Gasteiger partial charge is 0.315 e. The highest BCUT2D eigenvalue weighted by atomic mass is 19.3. The van der Waals surface area contributed by atoms with Crippen molar-refractivity contribution in [3.63, 3.8) is 0 Å². The zero-order valence-electron chi connectivity index (χ0n) is 6.10. The number of alkyl halides is 2. The van der Waals surface area contributed by atoms with E-state index in [2.05, 4.69) is 0 Å². The molecule has 10 heavy (non-hydrogen) atoms. The second-order valence-electron chi connectivity index (χ2n) is 2.06. The summed E-state index contributed by atoms with van der Waals surface area (Å²) in [4.78, 5) is 11.4. The highest BCUT2D eigenvalue weighted by molar-refractivity contribution is 5.78. The molecule has 0 fully saturated rings. The van der Waals surface area contributed by atoms with Gasteiger partial charge in [-0.1, -0.05) is 6.92 Å². The van der Waals surface area contributed by atoms with Crippen LogP contribution in [0.5, 0.6) is 0 Å². The second-order valence-corrected chi connectivity index (χ2v) is 2.06. The molecule has 0 unspecified atom stereocenters. The van der Waals surface area contributed by atoms with Crippen molar-refractivity contribution in [2.24, 2.45) is 0 Å². The first-order valence-corrected chi connectivity index (χ1v) is 3.12. The molecule has 0 aliphatic rings. The van der Waals surface area contributed by atoms with Crippen LogP contribution >= 0.6 is 0 Å². The molecule has 0 aliphatic carbocycles. The van der Waals surface area contributed by atoms with Gasteiger partial charge in [0.2, 0.25) is 0 Å². The molecule has 0 aromatic carbocycles. The topological polar surface area (TPSA) is 20.3 Å². The van der Waals surface area contributed by atoms with Gasteiger partial charge >= 0.3 is 6.43 Å². The van der Waals surface area contributed by atoms with Gasteiger partial charge in [-0.15, -0.1) is 0 Å². The minimum Gasteiger partial charge on any atom is -0.341 e. The van der Waals surface area contributed by atoms with Crippen LogP contribution in [0.3, 0.4) is 0 Å². The minimum atomic E-state index is -2.86. The van der Waals surface area contributed by atoms with E-state index in [0.29, 0.717) is 13.0 Å². The Morgan fingerprint density at radius 1 is 1.60 bits per heavy atom. The van der Waals surface area contributed by atoms with Crippen LogP contribution in [0.1, 0.15) is 13.3 Å². The predicted molar refractivity (Wildman–Crippen MR) is 33.9 cm³/mol. The van der Waals surface area contributed by atoms with Gasteiger partial charge in [0, 0.05) is 13.6 Å². The minimum absolute atomic E-state index is 0.392. The fourth-order valence-corrected chi connectivity index (χ4v) is 0.612. The Kier molecular flexibility index (Phi) is 3.91. The molecule has 0 N–H and O–H groups in total. The summed E-state index contributed by atoms with van der Waals surface area (Å²) in [6.45, 7) is 2.22. The zero-order valence-corrected chi connectivity index (χ0v) is 6.10. The maximum atomic E-state index is 11.6. The van der Waals surface area contributed by atoms with Gasteiger partial charge in [0.15, 0.2) is 0 Å². The number of hydrogen-bond donors (Lipinski definition) is 0. The lowest BCUT2D eigenvalue weighted by molar-refractivity contribution is -0.141. The Balaban J connectivity index is 3.71. The maximum Gasteiger partial charge on any atom is 0.315 e. The van der Waals surface area contributed by atoms with Crippen LogP contribution < -0.4 is 0 Å². The Hall–Kier alpha value is -0.670. The third-order valence-corrected chi connectivity index (χ3v) is 1.12. The Labute approximate surface area is 58.8 Å². The molecule has 4 heteroatoms. The third kappa shape index (κ3) is 2.75. The molecule has 2 nitrogen and oxygen atoms in total. The molecule has 0 aromatic heterocycles. The summed E-state index contributed by atoms with van der Waals surface area (Å²) in [6, 6.07) is 0. The molecule has 1 amide bonds. The van der Waals surface area contributed by atoms with Crippen molar-refractivity contribution in [1.29, 1.82) is 0 Å². The Morgan fingerprint density at radius 3 is 2.40 bits per heavy atom. The SMILES string of the molecule is CCCN(C)C(=O)C(F)F. The van der Waals surface area contributed by atoms with Gasteiger partial charge in [0.1, 0.15) is 0 Å². The van der Waals surface area contributed by atoms with Crippen LogP contribution in [0.4, 0.5) is 8.78 Å². The molecular formula is C6H11F2NO. The zero-order chi connectivity index (χ0) is 8.15. The molecule has 0 radical (unpaired) electrons. The van der Waals surface area contributed by atoms with Crippen LogP contribution in [-0.2, 0) is 4.79 Å². The molecule has 0 atom stereocenters. The van der Waals surface area contributed by atoms with E-state index in [1.54, 1.807) is 0 Å². The fraction of sp³-hybridized carbons (Fsp3) is 0.833. The first-order valence-electron chi connectivity index (χ1n) is 3.12. The number of hydrogen-bond acceptors (Lipinski definition) is 1. The Bertz CT molecular complexity index is 116. The molecule has 0 spiro atoms. The molecule has 0 aliphatic heterocycles. The van der Waals surface area contributed by atoms with Crippen molar-refractivity contribution >= 4 is 5.91 Å². The predicted octanol–water partition coefficient (Wildman–Crippen LogP) is 1.12. The molecule has 0 bridgehead atoms. The van der Waals surface area contributed by atoms with Crippen LogP contribution in [-0.4, -0.2) is 30.8 Å². The molecule has 0 rings (SSSR count). The van der Waals surface area contributed by atoms with E-state index >= 15 is 0 Å². The fourth-order valence-electron chi connectivity index (χ4n) is 0.612. The van der Waals surface area contributed by atoms with Gasteiger partial charge in [0.25, 0.3) is 5.91 Å². The normalized spacial score (nSPS) is 10.1. The quantitative estimate of drug-likeness (QED) is 0.591. The largest absolute Gasteiger partial charge is 0.341 e. The lowest BCUT2D eigenvalue weighted by Gasteiger charge is -2.14. The van der Waals surface area contributed by atoms with E-state index in [1.807, 2.05) is 6.92 Å². The summed E-state index contributed by atoms with van der Waals surface area (Å²) in [7, 11) is 1.37. The molecule has 0 heterocycles. The Morgan fingerprint density at radius 2 is 2.10 bits per heavy atom. The van der Waals surface area contributed by atoms with E-state index in [9.17, 15) is 13.6 Å². The van der Waals surface area contributed by atoms with Gasteiger partial charge in [-0.3, -0.25) is 4.79 Å². The van der Waals surface area contributed by atoms with Crippen LogP contribution in [0, 0.1) is 0 Å². The number of carbonyl (C=O) groups is 1. The lowest BCUT2D eigenvalue weighted by Crippen LogP contribution is -2.32. The first-order chi connectivity index (χ1) is 4.59. The monoisotopic (exact) mass is 151 g/mol. The number of carbonyl (C=O) groups excluding carboxylic acids is 1. The van der Waals surface area contributed by atoms with Crippen LogP contribution in [0.15, 0.2) is 0 Å². The summed E-state index contributed by atoms with van der Waals surface area (Å²) in [6.07, 6.45) is -2.16. The molecule has 0 saturated carbocycles. The highest BCUT2D eigenvalue weighted by Crippen LogP contribution is 1.98. The molecule has 60 valence electrons. The highest BCUT2D eigenvalue weighted by Gasteiger charge is 2.18. The summed E-state index contributed by atoms with van der Waals surface area (Å²) in [5.74, 6) is -1.10. The van der Waals surface area contributed by atoms with E-state index in [4.69, 9.17) is 0 Å². The van der Waals surface area contributed by atoms with E-state index in [-0.39, 0.29) is 0 Å². The van der Waals surface area contributed by atoms with Crippen molar-refractivity contribution in [3.05, 3.63) is 0 Å². The summed E-state index contributed by atoms with van der Waals surface area (Å²) in [5, 5.41) is 0. The van der Waals surface area contributed by atoms with Gasteiger partial charge in [-0.2, -0.15) is 8.78 Å². The van der Waals surface area contributed by atoms with Crippen molar-refractivity contribution < 1.29 is 13.6 Å². The summed E-state index contributed by atoms with van der Waals surface area (Å²) < 4.78 is 23.2. The van der Waals surface area contributed by atoms with Crippen molar-refractivity contribution in [2.45, 2.75) is 19.8 Å². The average molecular weight is 151 g/mol. The summed E-state index contributed by atoms with van der Waals surface area (Å²) in [5.41, 5.74) is 0.